The number of para-hydroxylation sites is 1. The van der Waals surface area contributed by atoms with Crippen LogP contribution in [-0.4, -0.2) is 25.1 Å². The largest absolute Gasteiger partial charge is 0.483 e. The second-order valence-electron chi connectivity index (χ2n) is 6.54. The van der Waals surface area contributed by atoms with Crippen molar-refractivity contribution in [3.05, 3.63) is 70.6 Å². The monoisotopic (exact) mass is 409 g/mol. The summed E-state index contributed by atoms with van der Waals surface area (Å²) >= 11 is 1.29. The van der Waals surface area contributed by atoms with Crippen LogP contribution in [0.3, 0.4) is 0 Å². The van der Waals surface area contributed by atoms with Crippen LogP contribution in [0.5, 0.6) is 5.75 Å². The van der Waals surface area contributed by atoms with E-state index in [4.69, 9.17) is 9.47 Å². The van der Waals surface area contributed by atoms with Gasteiger partial charge < -0.3 is 14.8 Å². The summed E-state index contributed by atoms with van der Waals surface area (Å²) in [5, 5.41) is 5.11. The van der Waals surface area contributed by atoms with Gasteiger partial charge in [-0.1, -0.05) is 48.0 Å². The second-order valence-corrected chi connectivity index (χ2v) is 7.42. The molecule has 29 heavy (non-hydrogen) atoms. The summed E-state index contributed by atoms with van der Waals surface area (Å²) in [5.74, 6) is -0.143. The lowest BCUT2D eigenvalue weighted by molar-refractivity contribution is -0.118. The van der Waals surface area contributed by atoms with Crippen LogP contribution in [0.1, 0.15) is 28.4 Å². The van der Waals surface area contributed by atoms with Gasteiger partial charge >= 0.3 is 5.97 Å². The smallest absolute Gasteiger partial charge is 0.341 e. The normalized spacial score (nSPS) is 10.4. The molecule has 0 atom stereocenters. The van der Waals surface area contributed by atoms with E-state index < -0.39 is 5.97 Å². The molecule has 0 aliphatic carbocycles. The highest BCUT2D eigenvalue weighted by Gasteiger charge is 2.23. The van der Waals surface area contributed by atoms with E-state index in [0.29, 0.717) is 16.3 Å². The maximum atomic E-state index is 12.6. The molecule has 1 heterocycles. The number of carbonyl (C=O) groups is 2. The van der Waals surface area contributed by atoms with E-state index in [-0.39, 0.29) is 19.1 Å². The molecule has 0 aliphatic heterocycles. The third-order valence-electron chi connectivity index (χ3n) is 4.34. The van der Waals surface area contributed by atoms with Crippen molar-refractivity contribution < 1.29 is 19.1 Å². The molecule has 0 radical (unpaired) electrons. The van der Waals surface area contributed by atoms with Crippen molar-refractivity contribution in [2.75, 3.05) is 18.5 Å². The van der Waals surface area contributed by atoms with Gasteiger partial charge in [-0.2, -0.15) is 0 Å². The lowest BCUT2D eigenvalue weighted by atomic mass is 10.0. The summed E-state index contributed by atoms with van der Waals surface area (Å²) in [6, 6.07) is 15.4. The summed E-state index contributed by atoms with van der Waals surface area (Å²) in [5.41, 5.74) is 4.08. The van der Waals surface area contributed by atoms with Crippen LogP contribution in [-0.2, 0) is 9.53 Å². The first-order chi connectivity index (χ1) is 14.0. The molecule has 0 saturated carbocycles. The van der Waals surface area contributed by atoms with Crippen LogP contribution < -0.4 is 10.1 Å². The number of amides is 1. The summed E-state index contributed by atoms with van der Waals surface area (Å²) in [6.45, 7) is 5.78. The predicted octanol–water partition coefficient (Wildman–Crippen LogP) is 5.23. The molecule has 0 bridgehead atoms. The van der Waals surface area contributed by atoms with E-state index >= 15 is 0 Å². The Kier molecular flexibility index (Phi) is 6.67. The average molecular weight is 410 g/mol. The molecule has 150 valence electrons. The molecule has 0 spiro atoms. The molecule has 1 N–H and O–H groups in total. The number of carbonyl (C=O) groups excluding carboxylic acids is 2. The zero-order valence-corrected chi connectivity index (χ0v) is 17.5. The number of esters is 1. The van der Waals surface area contributed by atoms with Gasteiger partial charge in [-0.3, -0.25) is 4.79 Å². The van der Waals surface area contributed by atoms with Crippen LogP contribution in [0.2, 0.25) is 0 Å². The number of hydrogen-bond acceptors (Lipinski definition) is 5. The third-order valence-corrected chi connectivity index (χ3v) is 5.23. The number of hydrogen-bond donors (Lipinski definition) is 1. The van der Waals surface area contributed by atoms with Gasteiger partial charge in [0.05, 0.1) is 6.61 Å². The lowest BCUT2D eigenvalue weighted by Gasteiger charge is -2.10. The minimum absolute atomic E-state index is 0.148. The number of rotatable bonds is 7. The number of aryl methyl sites for hydroxylation is 2. The first kappa shape index (κ1) is 20.6. The Labute approximate surface area is 174 Å². The van der Waals surface area contributed by atoms with Gasteiger partial charge in [0.2, 0.25) is 0 Å². The second kappa shape index (κ2) is 9.39. The Morgan fingerprint density at radius 1 is 1.03 bits per heavy atom. The van der Waals surface area contributed by atoms with Crippen LogP contribution in [0.4, 0.5) is 5.00 Å². The SMILES string of the molecule is CCOC(=O)c1c(-c2ccc(C)cc2)csc1NC(=O)COc1ccccc1C. The van der Waals surface area contributed by atoms with Crippen molar-refractivity contribution in [1.82, 2.24) is 0 Å². The topological polar surface area (TPSA) is 64.6 Å². The van der Waals surface area contributed by atoms with E-state index in [0.717, 1.165) is 22.3 Å². The van der Waals surface area contributed by atoms with E-state index in [9.17, 15) is 9.59 Å². The van der Waals surface area contributed by atoms with E-state index in [1.807, 2.05) is 67.8 Å². The van der Waals surface area contributed by atoms with Gasteiger partial charge in [-0.05, 0) is 38.0 Å². The molecule has 0 unspecified atom stereocenters. The number of benzene rings is 2. The van der Waals surface area contributed by atoms with E-state index in [1.54, 1.807) is 6.92 Å². The zero-order chi connectivity index (χ0) is 20.8. The molecule has 0 saturated heterocycles. The van der Waals surface area contributed by atoms with Crippen molar-refractivity contribution in [1.29, 1.82) is 0 Å². The fraction of sp³-hybridized carbons (Fsp3) is 0.217. The molecule has 1 aromatic heterocycles. The van der Waals surface area contributed by atoms with Crippen LogP contribution in [0, 0.1) is 13.8 Å². The predicted molar refractivity (Wildman–Crippen MR) is 116 cm³/mol. The first-order valence-electron chi connectivity index (χ1n) is 9.33. The number of thiophene rings is 1. The van der Waals surface area contributed by atoms with Gasteiger partial charge in [-0.15, -0.1) is 11.3 Å². The number of ether oxygens (including phenoxy) is 2. The Balaban J connectivity index is 1.81. The molecular formula is C23H23NO4S. The van der Waals surface area contributed by atoms with Gasteiger partial charge in [0.1, 0.15) is 16.3 Å². The molecule has 0 aliphatic rings. The minimum Gasteiger partial charge on any atom is -0.483 e. The fourth-order valence-electron chi connectivity index (χ4n) is 2.83. The van der Waals surface area contributed by atoms with Crippen molar-refractivity contribution in [2.45, 2.75) is 20.8 Å². The van der Waals surface area contributed by atoms with Crippen LogP contribution in [0.25, 0.3) is 11.1 Å². The molecule has 5 nitrogen and oxygen atoms in total. The summed E-state index contributed by atoms with van der Waals surface area (Å²) in [4.78, 5) is 25.0. The molecule has 2 aromatic carbocycles. The van der Waals surface area contributed by atoms with Crippen molar-refractivity contribution in [3.63, 3.8) is 0 Å². The highest BCUT2D eigenvalue weighted by molar-refractivity contribution is 7.15. The Morgan fingerprint density at radius 3 is 2.45 bits per heavy atom. The van der Waals surface area contributed by atoms with Crippen molar-refractivity contribution in [3.8, 4) is 16.9 Å². The van der Waals surface area contributed by atoms with Crippen molar-refractivity contribution in [2.24, 2.45) is 0 Å². The van der Waals surface area contributed by atoms with Gasteiger partial charge in [-0.25, -0.2) is 4.79 Å². The van der Waals surface area contributed by atoms with Crippen molar-refractivity contribution >= 4 is 28.2 Å². The quantitative estimate of drug-likeness (QED) is 0.543. The number of nitrogens with one attached hydrogen (secondary N) is 1. The standard InChI is InChI=1S/C23H23NO4S/c1-4-27-23(26)21-18(17-11-9-15(2)10-12-17)14-29-22(21)24-20(25)13-28-19-8-6-5-7-16(19)3/h5-12,14H,4,13H2,1-3H3,(H,24,25). The molecule has 0 fully saturated rings. The minimum atomic E-state index is -0.459. The molecule has 1 amide bonds. The van der Waals surface area contributed by atoms with E-state index in [1.165, 1.54) is 11.3 Å². The van der Waals surface area contributed by atoms with Gasteiger partial charge in [0.25, 0.3) is 5.91 Å². The Hall–Kier alpha value is -3.12. The fourth-order valence-corrected chi connectivity index (χ4v) is 3.80. The Bertz CT molecular complexity index is 1010. The highest BCUT2D eigenvalue weighted by Crippen LogP contribution is 2.36. The summed E-state index contributed by atoms with van der Waals surface area (Å²) in [7, 11) is 0. The van der Waals surface area contributed by atoms with Crippen LogP contribution in [0.15, 0.2) is 53.9 Å². The highest BCUT2D eigenvalue weighted by atomic mass is 32.1. The van der Waals surface area contributed by atoms with E-state index in [2.05, 4.69) is 5.32 Å². The Morgan fingerprint density at radius 2 is 1.76 bits per heavy atom. The lowest BCUT2D eigenvalue weighted by Crippen LogP contribution is -2.21. The number of anilines is 1. The summed E-state index contributed by atoms with van der Waals surface area (Å²) < 4.78 is 10.8. The van der Waals surface area contributed by atoms with Gasteiger partial charge in [0, 0.05) is 10.9 Å². The summed E-state index contributed by atoms with van der Waals surface area (Å²) in [6.07, 6.45) is 0. The van der Waals surface area contributed by atoms with Crippen LogP contribution >= 0.6 is 11.3 Å². The maximum absolute atomic E-state index is 12.6. The average Bonchev–Trinajstić information content (AvgIpc) is 3.11. The molecule has 6 heteroatoms. The molecular weight excluding hydrogens is 386 g/mol. The molecule has 3 aromatic rings. The maximum Gasteiger partial charge on any atom is 0.341 e. The van der Waals surface area contributed by atoms with Gasteiger partial charge in [0.15, 0.2) is 6.61 Å². The molecule has 3 rings (SSSR count). The zero-order valence-electron chi connectivity index (χ0n) is 16.7. The first-order valence-corrected chi connectivity index (χ1v) is 10.2. The third kappa shape index (κ3) is 5.03.